The van der Waals surface area contributed by atoms with Crippen LogP contribution in [0.4, 0.5) is 4.79 Å². The molecule has 6 heteroatoms. The Balaban J connectivity index is 1.61. The molecule has 148 valence electrons. The molecule has 2 aromatic rings. The van der Waals surface area contributed by atoms with Gasteiger partial charge in [0.25, 0.3) is 0 Å². The van der Waals surface area contributed by atoms with Gasteiger partial charge < -0.3 is 19.9 Å². The Labute approximate surface area is 164 Å². The predicted octanol–water partition coefficient (Wildman–Crippen LogP) is 3.79. The van der Waals surface area contributed by atoms with E-state index in [2.05, 4.69) is 17.4 Å². The highest BCUT2D eigenvalue weighted by atomic mass is 16.6. The SMILES string of the molecule is CC(C)(C)O[C@@H](CNC(=O)OCC1c2ccccc2-c2ccccc21)C(=O)O. The van der Waals surface area contributed by atoms with Gasteiger partial charge in [0.15, 0.2) is 6.10 Å². The molecule has 1 aliphatic rings. The number of nitrogens with one attached hydrogen (secondary N) is 1. The van der Waals surface area contributed by atoms with Gasteiger partial charge in [0.1, 0.15) is 6.61 Å². The minimum atomic E-state index is -1.14. The van der Waals surface area contributed by atoms with Crippen molar-refractivity contribution in [3.8, 4) is 11.1 Å². The van der Waals surface area contributed by atoms with E-state index in [0.29, 0.717) is 0 Å². The topological polar surface area (TPSA) is 84.9 Å². The van der Waals surface area contributed by atoms with Crippen molar-refractivity contribution in [1.82, 2.24) is 5.32 Å². The highest BCUT2D eigenvalue weighted by Gasteiger charge is 2.29. The van der Waals surface area contributed by atoms with Crippen molar-refractivity contribution in [2.24, 2.45) is 0 Å². The van der Waals surface area contributed by atoms with Gasteiger partial charge in [-0.3, -0.25) is 0 Å². The fourth-order valence-corrected chi connectivity index (χ4v) is 3.43. The zero-order valence-electron chi connectivity index (χ0n) is 16.3. The number of benzene rings is 2. The predicted molar refractivity (Wildman–Crippen MR) is 105 cm³/mol. The third-order valence-corrected chi connectivity index (χ3v) is 4.55. The number of carboxylic acids is 1. The molecular formula is C22H25NO5. The molecule has 0 heterocycles. The lowest BCUT2D eigenvalue weighted by Crippen LogP contribution is -2.42. The minimum absolute atomic E-state index is 0.0424. The fourth-order valence-electron chi connectivity index (χ4n) is 3.43. The van der Waals surface area contributed by atoms with Crippen LogP contribution in [0, 0.1) is 0 Å². The van der Waals surface area contributed by atoms with Crippen LogP contribution in [0.2, 0.25) is 0 Å². The van der Waals surface area contributed by atoms with Gasteiger partial charge in [0, 0.05) is 5.92 Å². The quantitative estimate of drug-likeness (QED) is 0.793. The van der Waals surface area contributed by atoms with Crippen molar-refractivity contribution >= 4 is 12.1 Å². The van der Waals surface area contributed by atoms with Crippen molar-refractivity contribution in [2.75, 3.05) is 13.2 Å². The van der Waals surface area contributed by atoms with Crippen LogP contribution in [0.1, 0.15) is 37.8 Å². The van der Waals surface area contributed by atoms with E-state index in [-0.39, 0.29) is 19.1 Å². The molecule has 0 saturated heterocycles. The molecule has 1 aliphatic carbocycles. The van der Waals surface area contributed by atoms with Crippen LogP contribution < -0.4 is 5.32 Å². The maximum atomic E-state index is 12.1. The summed E-state index contributed by atoms with van der Waals surface area (Å²) in [5.41, 5.74) is 3.91. The number of hydrogen-bond donors (Lipinski definition) is 2. The number of fused-ring (bicyclic) bond motifs is 3. The molecule has 1 amide bonds. The lowest BCUT2D eigenvalue weighted by Gasteiger charge is -2.25. The van der Waals surface area contributed by atoms with Crippen LogP contribution >= 0.6 is 0 Å². The summed E-state index contributed by atoms with van der Waals surface area (Å²) < 4.78 is 10.9. The Morgan fingerprint density at radius 2 is 1.57 bits per heavy atom. The minimum Gasteiger partial charge on any atom is -0.479 e. The third kappa shape index (κ3) is 4.51. The third-order valence-electron chi connectivity index (χ3n) is 4.55. The maximum Gasteiger partial charge on any atom is 0.407 e. The number of hydrogen-bond acceptors (Lipinski definition) is 4. The Bertz CT molecular complexity index is 826. The monoisotopic (exact) mass is 383 g/mol. The standard InChI is InChI=1S/C22H25NO5/c1-22(2,3)28-19(20(24)25)12-23-21(26)27-13-18-16-10-6-4-8-14(16)15-9-5-7-11-17(15)18/h4-11,18-19H,12-13H2,1-3H3,(H,23,26)(H,24,25)/t19-/m0/s1. The lowest BCUT2D eigenvalue weighted by molar-refractivity contribution is -0.159. The molecule has 0 aliphatic heterocycles. The first-order valence-electron chi connectivity index (χ1n) is 9.26. The van der Waals surface area contributed by atoms with Gasteiger partial charge in [0.05, 0.1) is 12.1 Å². The average molecular weight is 383 g/mol. The van der Waals surface area contributed by atoms with Crippen LogP contribution in [-0.2, 0) is 14.3 Å². The van der Waals surface area contributed by atoms with Gasteiger partial charge in [-0.05, 0) is 43.0 Å². The Kier molecular flexibility index (Phi) is 5.70. The number of alkyl carbamates (subject to hydrolysis) is 1. The summed E-state index contributed by atoms with van der Waals surface area (Å²) in [4.78, 5) is 23.4. The molecule has 0 saturated carbocycles. The van der Waals surface area contributed by atoms with E-state index in [1.807, 2.05) is 36.4 Å². The average Bonchev–Trinajstić information content (AvgIpc) is 2.96. The number of carboxylic acid groups (broad SMARTS) is 1. The van der Waals surface area contributed by atoms with E-state index in [0.717, 1.165) is 22.3 Å². The van der Waals surface area contributed by atoms with Crippen LogP contribution in [0.3, 0.4) is 0 Å². The first-order chi connectivity index (χ1) is 13.3. The molecule has 0 spiro atoms. The van der Waals surface area contributed by atoms with Gasteiger partial charge in [-0.25, -0.2) is 9.59 Å². The molecule has 3 rings (SSSR count). The van der Waals surface area contributed by atoms with Crippen molar-refractivity contribution in [2.45, 2.75) is 38.4 Å². The Hall–Kier alpha value is -2.86. The molecule has 28 heavy (non-hydrogen) atoms. The van der Waals surface area contributed by atoms with Crippen LogP contribution in [-0.4, -0.2) is 42.0 Å². The summed E-state index contributed by atoms with van der Waals surface area (Å²) in [6.45, 7) is 5.30. The molecule has 0 fully saturated rings. The summed E-state index contributed by atoms with van der Waals surface area (Å²) in [7, 11) is 0. The number of amides is 1. The van der Waals surface area contributed by atoms with Gasteiger partial charge in [-0.2, -0.15) is 0 Å². The van der Waals surface area contributed by atoms with E-state index in [1.165, 1.54) is 0 Å². The summed E-state index contributed by atoms with van der Waals surface area (Å²) in [6.07, 6.45) is -1.80. The number of ether oxygens (including phenoxy) is 2. The molecular weight excluding hydrogens is 358 g/mol. The summed E-state index contributed by atoms with van der Waals surface area (Å²) in [5.74, 6) is -1.17. The second-order valence-corrected chi connectivity index (χ2v) is 7.76. The smallest absolute Gasteiger partial charge is 0.407 e. The molecule has 6 nitrogen and oxygen atoms in total. The van der Waals surface area contributed by atoms with E-state index >= 15 is 0 Å². The maximum absolute atomic E-state index is 12.1. The number of aliphatic carboxylic acids is 1. The van der Waals surface area contributed by atoms with Crippen molar-refractivity contribution < 1.29 is 24.2 Å². The highest BCUT2D eigenvalue weighted by molar-refractivity contribution is 5.79. The summed E-state index contributed by atoms with van der Waals surface area (Å²) >= 11 is 0. The van der Waals surface area contributed by atoms with Gasteiger partial charge in [-0.15, -0.1) is 0 Å². The number of rotatable bonds is 6. The van der Waals surface area contributed by atoms with E-state index in [9.17, 15) is 14.7 Å². The largest absolute Gasteiger partial charge is 0.479 e. The Morgan fingerprint density at radius 3 is 2.07 bits per heavy atom. The zero-order valence-corrected chi connectivity index (χ0v) is 16.3. The van der Waals surface area contributed by atoms with E-state index < -0.39 is 23.8 Å². The van der Waals surface area contributed by atoms with Crippen LogP contribution in [0.5, 0.6) is 0 Å². The van der Waals surface area contributed by atoms with Crippen molar-refractivity contribution in [3.05, 3.63) is 59.7 Å². The first-order valence-corrected chi connectivity index (χ1v) is 9.26. The number of carbonyl (C=O) groups is 2. The highest BCUT2D eigenvalue weighted by Crippen LogP contribution is 2.44. The van der Waals surface area contributed by atoms with Gasteiger partial charge in [0.2, 0.25) is 0 Å². The second kappa shape index (κ2) is 8.02. The molecule has 0 bridgehead atoms. The van der Waals surface area contributed by atoms with Crippen molar-refractivity contribution in [3.63, 3.8) is 0 Å². The fraction of sp³-hybridized carbons (Fsp3) is 0.364. The molecule has 0 aromatic heterocycles. The molecule has 1 atom stereocenters. The molecule has 2 N–H and O–H groups in total. The summed E-state index contributed by atoms with van der Waals surface area (Å²) in [5, 5.41) is 11.7. The normalized spacial score (nSPS) is 14.1. The first kappa shape index (κ1) is 19.9. The lowest BCUT2D eigenvalue weighted by atomic mass is 9.98. The van der Waals surface area contributed by atoms with Gasteiger partial charge >= 0.3 is 12.1 Å². The Morgan fingerprint density at radius 1 is 1.04 bits per heavy atom. The van der Waals surface area contributed by atoms with E-state index in [1.54, 1.807) is 20.8 Å². The summed E-state index contributed by atoms with van der Waals surface area (Å²) in [6, 6.07) is 16.1. The van der Waals surface area contributed by atoms with Gasteiger partial charge in [-0.1, -0.05) is 48.5 Å². The van der Waals surface area contributed by atoms with Crippen molar-refractivity contribution in [1.29, 1.82) is 0 Å². The molecule has 0 unspecified atom stereocenters. The molecule has 0 radical (unpaired) electrons. The molecule has 2 aromatic carbocycles. The van der Waals surface area contributed by atoms with Crippen LogP contribution in [0.25, 0.3) is 11.1 Å². The van der Waals surface area contributed by atoms with E-state index in [4.69, 9.17) is 9.47 Å². The zero-order chi connectivity index (χ0) is 20.3. The number of carbonyl (C=O) groups excluding carboxylic acids is 1. The second-order valence-electron chi connectivity index (χ2n) is 7.76. The van der Waals surface area contributed by atoms with Crippen LogP contribution in [0.15, 0.2) is 48.5 Å².